The predicted octanol–water partition coefficient (Wildman–Crippen LogP) is 0.770. The van der Waals surface area contributed by atoms with Crippen LogP contribution in [0.5, 0.6) is 0 Å². The number of nitrogens with zero attached hydrogens (tertiary/aromatic N) is 1. The number of hydroxylamine groups is 1. The number of rotatable bonds is 2. The normalized spacial score (nSPS) is 10.3. The predicted molar refractivity (Wildman–Crippen MR) is 34.6 cm³/mol. The van der Waals surface area contributed by atoms with Gasteiger partial charge in [0, 0.05) is 6.92 Å². The topological polar surface area (TPSA) is 58.3 Å². The lowest BCUT2D eigenvalue weighted by Gasteiger charge is -1.90. The van der Waals surface area contributed by atoms with Crippen molar-refractivity contribution in [3.05, 3.63) is 17.3 Å². The highest BCUT2D eigenvalue weighted by atomic mass is 16.5. The lowest BCUT2D eigenvalue weighted by molar-refractivity contribution is 0.159. The highest BCUT2D eigenvalue weighted by Gasteiger charge is 2.03. The second-order valence-corrected chi connectivity index (χ2v) is 2.07. The van der Waals surface area contributed by atoms with Gasteiger partial charge in [0.25, 0.3) is 0 Å². The molecule has 0 unspecified atom stereocenters. The minimum Gasteiger partial charge on any atom is -0.446 e. The van der Waals surface area contributed by atoms with Crippen LogP contribution in [0.3, 0.4) is 0 Å². The van der Waals surface area contributed by atoms with Gasteiger partial charge in [-0.05, 0) is 6.92 Å². The molecule has 0 aliphatic rings. The highest BCUT2D eigenvalue weighted by Crippen LogP contribution is 2.07. The summed E-state index contributed by atoms with van der Waals surface area (Å²) in [6.07, 6.45) is 0. The van der Waals surface area contributed by atoms with Gasteiger partial charge in [-0.15, -0.1) is 0 Å². The first-order chi connectivity index (χ1) is 4.74. The Bertz CT molecular complexity index is 220. The van der Waals surface area contributed by atoms with Gasteiger partial charge in [-0.25, -0.2) is 4.98 Å². The van der Waals surface area contributed by atoms with Crippen molar-refractivity contribution in [2.24, 2.45) is 0 Å². The van der Waals surface area contributed by atoms with Crippen LogP contribution >= 0.6 is 0 Å². The van der Waals surface area contributed by atoms with E-state index in [9.17, 15) is 0 Å². The Balaban J connectivity index is 2.81. The molecule has 2 N–H and O–H groups in total. The highest BCUT2D eigenvalue weighted by molar-refractivity contribution is 5.06. The van der Waals surface area contributed by atoms with E-state index in [2.05, 4.69) is 4.98 Å². The molecule has 0 atom stereocenters. The van der Waals surface area contributed by atoms with Crippen LogP contribution in [0.15, 0.2) is 4.42 Å². The lowest BCUT2D eigenvalue weighted by Crippen LogP contribution is -2.07. The number of aryl methyl sites for hydroxylation is 2. The molecule has 0 saturated heterocycles. The molecule has 10 heavy (non-hydrogen) atoms. The fourth-order valence-corrected chi connectivity index (χ4v) is 0.811. The molecule has 1 rings (SSSR count). The van der Waals surface area contributed by atoms with Crippen molar-refractivity contribution in [3.63, 3.8) is 0 Å². The van der Waals surface area contributed by atoms with Crippen molar-refractivity contribution < 1.29 is 9.62 Å². The summed E-state index contributed by atoms with van der Waals surface area (Å²) in [7, 11) is 0. The first kappa shape index (κ1) is 7.24. The SMILES string of the molecule is Cc1nc(CNO)c(C)o1. The van der Waals surface area contributed by atoms with Gasteiger partial charge in [-0.2, -0.15) is 5.48 Å². The summed E-state index contributed by atoms with van der Waals surface area (Å²) in [5, 5.41) is 8.32. The quantitative estimate of drug-likeness (QED) is 0.599. The maximum atomic E-state index is 8.32. The average Bonchev–Trinajstić information content (AvgIpc) is 2.13. The fourth-order valence-electron chi connectivity index (χ4n) is 0.811. The summed E-state index contributed by atoms with van der Waals surface area (Å²) in [5.74, 6) is 1.38. The number of nitrogens with one attached hydrogen (secondary N) is 1. The Labute approximate surface area is 58.8 Å². The van der Waals surface area contributed by atoms with Gasteiger partial charge in [0.2, 0.25) is 0 Å². The molecule has 0 aliphatic heterocycles. The molecule has 0 radical (unpaired) electrons. The molecule has 0 aliphatic carbocycles. The van der Waals surface area contributed by atoms with Gasteiger partial charge < -0.3 is 9.62 Å². The van der Waals surface area contributed by atoms with E-state index in [1.165, 1.54) is 0 Å². The number of aromatic nitrogens is 1. The molecule has 56 valence electrons. The molecule has 0 saturated carbocycles. The van der Waals surface area contributed by atoms with Crippen molar-refractivity contribution >= 4 is 0 Å². The van der Waals surface area contributed by atoms with E-state index in [0.29, 0.717) is 12.4 Å². The Morgan fingerprint density at radius 1 is 1.60 bits per heavy atom. The van der Waals surface area contributed by atoms with E-state index < -0.39 is 0 Å². The molecule has 0 fully saturated rings. The molecular weight excluding hydrogens is 132 g/mol. The third-order valence-electron chi connectivity index (χ3n) is 1.25. The maximum absolute atomic E-state index is 8.32. The van der Waals surface area contributed by atoms with Crippen LogP contribution < -0.4 is 5.48 Å². The summed E-state index contributed by atoms with van der Waals surface area (Å²) in [6.45, 7) is 3.92. The largest absolute Gasteiger partial charge is 0.446 e. The first-order valence-corrected chi connectivity index (χ1v) is 3.04. The molecule has 0 aromatic carbocycles. The standard InChI is InChI=1S/C6H10N2O2/c1-4-6(3-7-9)8-5(2)10-4/h7,9H,3H2,1-2H3. The van der Waals surface area contributed by atoms with Gasteiger partial charge in [0.1, 0.15) is 5.76 Å². The van der Waals surface area contributed by atoms with Crippen molar-refractivity contribution in [1.82, 2.24) is 10.5 Å². The number of hydrogen-bond acceptors (Lipinski definition) is 4. The first-order valence-electron chi connectivity index (χ1n) is 3.04. The third-order valence-corrected chi connectivity index (χ3v) is 1.25. The smallest absolute Gasteiger partial charge is 0.191 e. The van der Waals surface area contributed by atoms with Crippen LogP contribution in [0, 0.1) is 13.8 Å². The summed E-state index contributed by atoms with van der Waals surface area (Å²) in [5.41, 5.74) is 2.77. The molecule has 1 aromatic heterocycles. The van der Waals surface area contributed by atoms with Crippen LogP contribution in [-0.4, -0.2) is 10.2 Å². The van der Waals surface area contributed by atoms with Gasteiger partial charge >= 0.3 is 0 Å². The Morgan fingerprint density at radius 3 is 2.70 bits per heavy atom. The van der Waals surface area contributed by atoms with Crippen LogP contribution in [0.2, 0.25) is 0 Å². The lowest BCUT2D eigenvalue weighted by atomic mass is 10.4. The van der Waals surface area contributed by atoms with E-state index in [1.54, 1.807) is 6.92 Å². The minimum atomic E-state index is 0.336. The molecule has 1 aromatic rings. The molecule has 4 heteroatoms. The van der Waals surface area contributed by atoms with Gasteiger partial charge in [-0.1, -0.05) is 0 Å². The van der Waals surface area contributed by atoms with Gasteiger partial charge in [0.05, 0.1) is 12.2 Å². The Hall–Kier alpha value is -0.870. The summed E-state index contributed by atoms with van der Waals surface area (Å²) in [6, 6.07) is 0. The van der Waals surface area contributed by atoms with E-state index in [0.717, 1.165) is 11.5 Å². The van der Waals surface area contributed by atoms with Crippen LogP contribution in [0.25, 0.3) is 0 Å². The minimum absolute atomic E-state index is 0.336. The molecule has 4 nitrogen and oxygen atoms in total. The third kappa shape index (κ3) is 1.34. The zero-order valence-electron chi connectivity index (χ0n) is 6.01. The zero-order valence-corrected chi connectivity index (χ0v) is 6.01. The molecule has 1 heterocycles. The van der Waals surface area contributed by atoms with E-state index in [4.69, 9.17) is 9.62 Å². The molecular formula is C6H10N2O2. The summed E-state index contributed by atoms with van der Waals surface area (Å²) < 4.78 is 5.10. The zero-order chi connectivity index (χ0) is 7.56. The second kappa shape index (κ2) is 2.81. The number of oxazole rings is 1. The number of hydrogen-bond donors (Lipinski definition) is 2. The van der Waals surface area contributed by atoms with Crippen molar-refractivity contribution in [2.75, 3.05) is 0 Å². The average molecular weight is 142 g/mol. The van der Waals surface area contributed by atoms with E-state index >= 15 is 0 Å². The Kier molecular flexibility index (Phi) is 2.03. The van der Waals surface area contributed by atoms with E-state index in [1.807, 2.05) is 12.4 Å². The van der Waals surface area contributed by atoms with Crippen molar-refractivity contribution in [3.8, 4) is 0 Å². The monoisotopic (exact) mass is 142 g/mol. The van der Waals surface area contributed by atoms with Gasteiger partial charge in [-0.3, -0.25) is 0 Å². The molecule has 0 amide bonds. The van der Waals surface area contributed by atoms with Crippen molar-refractivity contribution in [1.29, 1.82) is 0 Å². The van der Waals surface area contributed by atoms with Gasteiger partial charge in [0.15, 0.2) is 5.89 Å². The molecule has 0 bridgehead atoms. The second-order valence-electron chi connectivity index (χ2n) is 2.07. The maximum Gasteiger partial charge on any atom is 0.191 e. The molecule has 0 spiro atoms. The summed E-state index contributed by atoms with van der Waals surface area (Å²) >= 11 is 0. The Morgan fingerprint density at radius 2 is 2.30 bits per heavy atom. The van der Waals surface area contributed by atoms with E-state index in [-0.39, 0.29) is 0 Å². The van der Waals surface area contributed by atoms with Crippen LogP contribution in [-0.2, 0) is 6.54 Å². The van der Waals surface area contributed by atoms with Crippen LogP contribution in [0.4, 0.5) is 0 Å². The van der Waals surface area contributed by atoms with Crippen molar-refractivity contribution in [2.45, 2.75) is 20.4 Å². The summed E-state index contributed by atoms with van der Waals surface area (Å²) in [4.78, 5) is 4.01. The fraction of sp³-hybridized carbons (Fsp3) is 0.500. The van der Waals surface area contributed by atoms with Crippen LogP contribution in [0.1, 0.15) is 17.3 Å².